The van der Waals surface area contributed by atoms with Crippen LogP contribution in [0.2, 0.25) is 0 Å². The summed E-state index contributed by atoms with van der Waals surface area (Å²) in [5.74, 6) is -1.13. The third kappa shape index (κ3) is 3.19. The maximum Gasteiger partial charge on any atom is 0.337 e. The van der Waals surface area contributed by atoms with Gasteiger partial charge in [-0.2, -0.15) is 0 Å². The van der Waals surface area contributed by atoms with Crippen LogP contribution in [0.15, 0.2) is 18.2 Å². The van der Waals surface area contributed by atoms with E-state index < -0.39 is 18.9 Å². The Labute approximate surface area is 85.7 Å². The number of hydrogen-bond acceptors (Lipinski definition) is 2. The second-order valence-corrected chi connectivity index (χ2v) is 3.13. The van der Waals surface area contributed by atoms with Crippen LogP contribution in [0.1, 0.15) is 15.9 Å². The molecule has 2 N–H and O–H groups in total. The van der Waals surface area contributed by atoms with Gasteiger partial charge in [0.15, 0.2) is 0 Å². The van der Waals surface area contributed by atoms with E-state index in [1.807, 2.05) is 0 Å². The Morgan fingerprint density at radius 2 is 2.20 bits per heavy atom. The fourth-order valence-corrected chi connectivity index (χ4v) is 1.18. The van der Waals surface area contributed by atoms with Crippen LogP contribution in [0.5, 0.6) is 0 Å². The van der Waals surface area contributed by atoms with Crippen LogP contribution in [-0.4, -0.2) is 24.0 Å². The molecule has 0 saturated carbocycles. The van der Waals surface area contributed by atoms with Gasteiger partial charge in [0, 0.05) is 5.69 Å². The molecule has 3 nitrogen and oxygen atoms in total. The van der Waals surface area contributed by atoms with Crippen molar-refractivity contribution in [2.75, 3.05) is 11.9 Å². The molecule has 0 amide bonds. The van der Waals surface area contributed by atoms with Crippen molar-refractivity contribution < 1.29 is 18.7 Å². The van der Waals surface area contributed by atoms with Crippen LogP contribution >= 0.6 is 0 Å². The summed E-state index contributed by atoms with van der Waals surface area (Å²) in [4.78, 5) is 10.8. The molecule has 82 valence electrons. The number of carbonyl (C=O) groups is 1. The number of aromatic carboxylic acids is 1. The summed E-state index contributed by atoms with van der Waals surface area (Å²) in [5, 5.41) is 11.2. The van der Waals surface area contributed by atoms with Gasteiger partial charge in [-0.1, -0.05) is 11.6 Å². The van der Waals surface area contributed by atoms with Crippen LogP contribution in [0.3, 0.4) is 0 Å². The molecule has 5 heteroatoms. The average Bonchev–Trinajstić information content (AvgIpc) is 2.15. The van der Waals surface area contributed by atoms with Crippen LogP contribution in [0.25, 0.3) is 0 Å². The van der Waals surface area contributed by atoms with Gasteiger partial charge in [-0.15, -0.1) is 0 Å². The van der Waals surface area contributed by atoms with Crippen molar-refractivity contribution in [2.45, 2.75) is 13.3 Å². The summed E-state index contributed by atoms with van der Waals surface area (Å²) in [6, 6.07) is 4.59. The number of nitrogens with one attached hydrogen (secondary N) is 1. The normalized spacial score (nSPS) is 10.4. The molecule has 0 aliphatic carbocycles. The zero-order valence-electron chi connectivity index (χ0n) is 8.13. The molecule has 1 aromatic carbocycles. The van der Waals surface area contributed by atoms with E-state index >= 15 is 0 Å². The molecule has 0 atom stereocenters. The van der Waals surface area contributed by atoms with E-state index in [-0.39, 0.29) is 11.3 Å². The third-order valence-electron chi connectivity index (χ3n) is 1.85. The van der Waals surface area contributed by atoms with E-state index in [1.54, 1.807) is 13.0 Å². The van der Waals surface area contributed by atoms with E-state index in [2.05, 4.69) is 5.32 Å². The molecule has 0 unspecified atom stereocenters. The topological polar surface area (TPSA) is 49.3 Å². The first kappa shape index (κ1) is 11.4. The molecule has 15 heavy (non-hydrogen) atoms. The van der Waals surface area contributed by atoms with Crippen molar-refractivity contribution in [3.05, 3.63) is 29.3 Å². The number of carboxylic acid groups (broad SMARTS) is 1. The van der Waals surface area contributed by atoms with Crippen molar-refractivity contribution in [1.82, 2.24) is 0 Å². The molecule has 0 radical (unpaired) electrons. The van der Waals surface area contributed by atoms with Gasteiger partial charge in [0.05, 0.1) is 12.1 Å². The Morgan fingerprint density at radius 1 is 1.53 bits per heavy atom. The number of aryl methyl sites for hydroxylation is 1. The number of anilines is 1. The second-order valence-electron chi connectivity index (χ2n) is 3.13. The number of halogens is 2. The highest BCUT2D eigenvalue weighted by molar-refractivity contribution is 5.94. The third-order valence-corrected chi connectivity index (χ3v) is 1.85. The van der Waals surface area contributed by atoms with Gasteiger partial charge in [-0.25, -0.2) is 13.6 Å². The molecule has 0 fully saturated rings. The van der Waals surface area contributed by atoms with Crippen LogP contribution in [-0.2, 0) is 0 Å². The second kappa shape index (κ2) is 4.72. The highest BCUT2D eigenvalue weighted by Gasteiger charge is 2.11. The maximum absolute atomic E-state index is 11.9. The fourth-order valence-electron chi connectivity index (χ4n) is 1.18. The molecule has 0 aliphatic rings. The summed E-state index contributed by atoms with van der Waals surface area (Å²) >= 11 is 0. The number of hydrogen-bond donors (Lipinski definition) is 2. The fraction of sp³-hybridized carbons (Fsp3) is 0.300. The molecule has 1 rings (SSSR count). The van der Waals surface area contributed by atoms with Gasteiger partial charge >= 0.3 is 5.97 Å². The number of rotatable bonds is 4. The van der Waals surface area contributed by atoms with Gasteiger partial charge in [0.1, 0.15) is 0 Å². The number of benzene rings is 1. The maximum atomic E-state index is 11.9. The van der Waals surface area contributed by atoms with E-state index in [4.69, 9.17) is 5.11 Å². The number of alkyl halides is 2. The lowest BCUT2D eigenvalue weighted by atomic mass is 10.1. The van der Waals surface area contributed by atoms with Crippen LogP contribution in [0, 0.1) is 6.92 Å². The van der Waals surface area contributed by atoms with Crippen LogP contribution < -0.4 is 5.32 Å². The SMILES string of the molecule is Cc1ccc(NCC(F)F)c(C(=O)O)c1. The quantitative estimate of drug-likeness (QED) is 0.810. The van der Waals surface area contributed by atoms with E-state index in [9.17, 15) is 13.6 Å². The molecule has 0 aliphatic heterocycles. The summed E-state index contributed by atoms with van der Waals surface area (Å²) in [5.41, 5.74) is 0.999. The van der Waals surface area contributed by atoms with Crippen LogP contribution in [0.4, 0.5) is 14.5 Å². The lowest BCUT2D eigenvalue weighted by molar-refractivity contribution is 0.0697. The highest BCUT2D eigenvalue weighted by Crippen LogP contribution is 2.17. The van der Waals surface area contributed by atoms with Crippen molar-refractivity contribution in [2.24, 2.45) is 0 Å². The summed E-state index contributed by atoms with van der Waals surface area (Å²) < 4.78 is 23.8. The van der Waals surface area contributed by atoms with Gasteiger partial charge in [0.2, 0.25) is 0 Å². The Balaban J connectivity index is 2.91. The molecular formula is C10H11F2NO2. The first-order chi connectivity index (χ1) is 7.00. The molecule has 0 heterocycles. The van der Waals surface area contributed by atoms with Gasteiger partial charge < -0.3 is 10.4 Å². The Bertz CT molecular complexity index is 366. The highest BCUT2D eigenvalue weighted by atomic mass is 19.3. The molecule has 0 saturated heterocycles. The summed E-state index contributed by atoms with van der Waals surface area (Å²) in [6.07, 6.45) is -2.51. The minimum absolute atomic E-state index is 0.00986. The van der Waals surface area contributed by atoms with E-state index in [0.717, 1.165) is 5.56 Å². The van der Waals surface area contributed by atoms with E-state index in [0.29, 0.717) is 0 Å². The van der Waals surface area contributed by atoms with Crippen molar-refractivity contribution in [1.29, 1.82) is 0 Å². The predicted molar refractivity (Wildman–Crippen MR) is 52.6 cm³/mol. The first-order valence-electron chi connectivity index (χ1n) is 4.36. The van der Waals surface area contributed by atoms with Gasteiger partial charge in [-0.05, 0) is 19.1 Å². The first-order valence-corrected chi connectivity index (χ1v) is 4.36. The molecule has 0 spiro atoms. The molecule has 1 aromatic rings. The minimum atomic E-state index is -2.51. The standard InChI is InChI=1S/C10H11F2NO2/c1-6-2-3-8(13-5-9(11)12)7(4-6)10(14)15/h2-4,9,13H,5H2,1H3,(H,14,15). The predicted octanol–water partition coefficient (Wildman–Crippen LogP) is 2.37. The molecular weight excluding hydrogens is 204 g/mol. The summed E-state index contributed by atoms with van der Waals surface area (Å²) in [7, 11) is 0. The lowest BCUT2D eigenvalue weighted by Crippen LogP contribution is -2.13. The molecule has 0 bridgehead atoms. The zero-order chi connectivity index (χ0) is 11.4. The number of carboxylic acids is 1. The lowest BCUT2D eigenvalue weighted by Gasteiger charge is -2.09. The van der Waals surface area contributed by atoms with Crippen molar-refractivity contribution in [3.63, 3.8) is 0 Å². The average molecular weight is 215 g/mol. The van der Waals surface area contributed by atoms with Gasteiger partial charge in [0.25, 0.3) is 6.43 Å². The monoisotopic (exact) mass is 215 g/mol. The van der Waals surface area contributed by atoms with Gasteiger partial charge in [-0.3, -0.25) is 0 Å². The largest absolute Gasteiger partial charge is 0.478 e. The van der Waals surface area contributed by atoms with Crippen molar-refractivity contribution >= 4 is 11.7 Å². The van der Waals surface area contributed by atoms with Crippen molar-refractivity contribution in [3.8, 4) is 0 Å². The smallest absolute Gasteiger partial charge is 0.337 e. The Kier molecular flexibility index (Phi) is 3.60. The Morgan fingerprint density at radius 3 is 2.73 bits per heavy atom. The summed E-state index contributed by atoms with van der Waals surface area (Å²) in [6.45, 7) is 1.19. The minimum Gasteiger partial charge on any atom is -0.478 e. The Hall–Kier alpha value is -1.65. The zero-order valence-corrected chi connectivity index (χ0v) is 8.13. The van der Waals surface area contributed by atoms with E-state index in [1.165, 1.54) is 12.1 Å². The molecule has 0 aromatic heterocycles.